The maximum Gasteiger partial charge on any atom is 0.323 e. The standard InChI is InChI=1S/C17H34N2O6/c1-5-22-10-11-24-13-12-23-9-8-19-15(20)7-6-14(18)16(21)25-17(2,3)4/h14H,5-13,18H2,1-4H3,(H,19,20)/t14-/m0/s1. The van der Waals surface area contributed by atoms with Gasteiger partial charge in [0.1, 0.15) is 11.6 Å². The van der Waals surface area contributed by atoms with Crippen LogP contribution in [0.3, 0.4) is 0 Å². The van der Waals surface area contributed by atoms with Crippen molar-refractivity contribution in [2.45, 2.75) is 52.2 Å². The molecule has 0 unspecified atom stereocenters. The van der Waals surface area contributed by atoms with E-state index < -0.39 is 17.6 Å². The third kappa shape index (κ3) is 16.0. The molecule has 1 atom stereocenters. The number of ether oxygens (including phenoxy) is 4. The first-order chi connectivity index (χ1) is 11.8. The van der Waals surface area contributed by atoms with Crippen molar-refractivity contribution in [2.75, 3.05) is 46.2 Å². The van der Waals surface area contributed by atoms with Crippen molar-refractivity contribution >= 4 is 11.9 Å². The molecule has 0 heterocycles. The van der Waals surface area contributed by atoms with Gasteiger partial charge in [-0.3, -0.25) is 9.59 Å². The number of carbonyl (C=O) groups is 2. The van der Waals surface area contributed by atoms with Crippen LogP contribution < -0.4 is 11.1 Å². The first-order valence-corrected chi connectivity index (χ1v) is 8.74. The molecule has 0 fully saturated rings. The van der Waals surface area contributed by atoms with Crippen LogP contribution in [-0.2, 0) is 28.5 Å². The molecule has 0 aliphatic carbocycles. The number of carbonyl (C=O) groups excluding carboxylic acids is 2. The summed E-state index contributed by atoms with van der Waals surface area (Å²) in [5.41, 5.74) is 5.14. The average Bonchev–Trinajstić information content (AvgIpc) is 2.52. The zero-order chi connectivity index (χ0) is 19.1. The minimum absolute atomic E-state index is 0.168. The minimum Gasteiger partial charge on any atom is -0.459 e. The summed E-state index contributed by atoms with van der Waals surface area (Å²) >= 11 is 0. The van der Waals surface area contributed by atoms with Crippen LogP contribution in [0.5, 0.6) is 0 Å². The Morgan fingerprint density at radius 1 is 1.00 bits per heavy atom. The maximum absolute atomic E-state index is 11.7. The van der Waals surface area contributed by atoms with Gasteiger partial charge in [0.2, 0.25) is 5.91 Å². The summed E-state index contributed by atoms with van der Waals surface area (Å²) < 4.78 is 20.9. The van der Waals surface area contributed by atoms with Crippen molar-refractivity contribution in [3.8, 4) is 0 Å². The van der Waals surface area contributed by atoms with Gasteiger partial charge in [0.25, 0.3) is 0 Å². The normalized spacial score (nSPS) is 12.7. The van der Waals surface area contributed by atoms with Gasteiger partial charge in [-0.15, -0.1) is 0 Å². The molecule has 1 amide bonds. The summed E-state index contributed by atoms with van der Waals surface area (Å²) in [5, 5.41) is 2.71. The number of esters is 1. The molecule has 148 valence electrons. The van der Waals surface area contributed by atoms with E-state index in [1.165, 1.54) is 0 Å². The van der Waals surface area contributed by atoms with E-state index in [2.05, 4.69) is 5.32 Å². The molecular weight excluding hydrogens is 328 g/mol. The zero-order valence-electron chi connectivity index (χ0n) is 16.0. The molecule has 0 saturated heterocycles. The Hall–Kier alpha value is -1.22. The fourth-order valence-electron chi connectivity index (χ4n) is 1.72. The van der Waals surface area contributed by atoms with Crippen molar-refractivity contribution in [3.63, 3.8) is 0 Å². The number of hydrogen-bond acceptors (Lipinski definition) is 7. The third-order valence-corrected chi connectivity index (χ3v) is 2.91. The molecule has 0 aromatic heterocycles. The van der Waals surface area contributed by atoms with Gasteiger partial charge in [0.05, 0.1) is 33.0 Å². The first-order valence-electron chi connectivity index (χ1n) is 8.74. The quantitative estimate of drug-likeness (QED) is 0.344. The molecule has 25 heavy (non-hydrogen) atoms. The Balaban J connectivity index is 3.54. The highest BCUT2D eigenvalue weighted by atomic mass is 16.6. The molecule has 8 heteroatoms. The van der Waals surface area contributed by atoms with E-state index >= 15 is 0 Å². The average molecular weight is 362 g/mol. The van der Waals surface area contributed by atoms with E-state index in [4.69, 9.17) is 24.7 Å². The summed E-state index contributed by atoms with van der Waals surface area (Å²) in [6.45, 7) is 10.8. The fraction of sp³-hybridized carbons (Fsp3) is 0.882. The Morgan fingerprint density at radius 2 is 1.56 bits per heavy atom. The van der Waals surface area contributed by atoms with Crippen LogP contribution in [0, 0.1) is 0 Å². The number of nitrogens with two attached hydrogens (primary N) is 1. The number of nitrogens with one attached hydrogen (secondary N) is 1. The molecule has 0 aliphatic rings. The zero-order valence-corrected chi connectivity index (χ0v) is 16.0. The maximum atomic E-state index is 11.7. The molecule has 0 aromatic carbocycles. The molecule has 0 saturated carbocycles. The molecule has 0 radical (unpaired) electrons. The molecule has 0 aromatic rings. The van der Waals surface area contributed by atoms with Gasteiger partial charge in [-0.05, 0) is 34.1 Å². The summed E-state index contributed by atoms with van der Waals surface area (Å²) in [6.07, 6.45) is 0.413. The van der Waals surface area contributed by atoms with Crippen molar-refractivity contribution in [1.29, 1.82) is 0 Å². The van der Waals surface area contributed by atoms with Gasteiger partial charge in [-0.25, -0.2) is 0 Å². The van der Waals surface area contributed by atoms with E-state index in [0.717, 1.165) is 0 Å². The Kier molecular flexibility index (Phi) is 13.3. The molecule has 0 spiro atoms. The smallest absolute Gasteiger partial charge is 0.323 e. The molecule has 3 N–H and O–H groups in total. The van der Waals surface area contributed by atoms with Gasteiger partial charge in [0, 0.05) is 19.6 Å². The predicted molar refractivity (Wildman–Crippen MR) is 94.2 cm³/mol. The molecule has 0 aliphatic heterocycles. The van der Waals surface area contributed by atoms with E-state index in [-0.39, 0.29) is 18.7 Å². The van der Waals surface area contributed by atoms with Crippen molar-refractivity contribution in [2.24, 2.45) is 5.73 Å². The molecule has 8 nitrogen and oxygen atoms in total. The summed E-state index contributed by atoms with van der Waals surface area (Å²) in [5.74, 6) is -0.663. The molecule has 0 rings (SSSR count). The largest absolute Gasteiger partial charge is 0.459 e. The molecular formula is C17H34N2O6. The second-order valence-electron chi connectivity index (χ2n) is 6.45. The number of rotatable bonds is 14. The second-order valence-corrected chi connectivity index (χ2v) is 6.45. The van der Waals surface area contributed by atoms with Crippen LogP contribution in [0.25, 0.3) is 0 Å². The lowest BCUT2D eigenvalue weighted by Gasteiger charge is -2.22. The van der Waals surface area contributed by atoms with Crippen LogP contribution in [-0.4, -0.2) is 69.7 Å². The highest BCUT2D eigenvalue weighted by Crippen LogP contribution is 2.09. The van der Waals surface area contributed by atoms with Crippen LogP contribution in [0.2, 0.25) is 0 Å². The van der Waals surface area contributed by atoms with Gasteiger partial charge in [-0.1, -0.05) is 0 Å². The van der Waals surface area contributed by atoms with Gasteiger partial charge in [-0.2, -0.15) is 0 Å². The van der Waals surface area contributed by atoms with Crippen molar-refractivity contribution in [1.82, 2.24) is 5.32 Å². The van der Waals surface area contributed by atoms with Crippen LogP contribution in [0.4, 0.5) is 0 Å². The van der Waals surface area contributed by atoms with Gasteiger partial charge >= 0.3 is 5.97 Å². The van der Waals surface area contributed by atoms with Crippen molar-refractivity contribution < 1.29 is 28.5 Å². The Labute approximate surface area is 150 Å². The van der Waals surface area contributed by atoms with Crippen LogP contribution >= 0.6 is 0 Å². The molecule has 0 bridgehead atoms. The summed E-state index contributed by atoms with van der Waals surface area (Å²) in [4.78, 5) is 23.4. The van der Waals surface area contributed by atoms with Gasteiger partial charge < -0.3 is 30.0 Å². The second kappa shape index (κ2) is 14.0. The lowest BCUT2D eigenvalue weighted by atomic mass is 10.1. The van der Waals surface area contributed by atoms with E-state index in [1.807, 2.05) is 6.92 Å². The Bertz CT molecular complexity index is 371. The number of hydrogen-bond donors (Lipinski definition) is 2. The minimum atomic E-state index is -0.796. The highest BCUT2D eigenvalue weighted by Gasteiger charge is 2.22. The fourth-order valence-corrected chi connectivity index (χ4v) is 1.72. The van der Waals surface area contributed by atoms with Crippen LogP contribution in [0.15, 0.2) is 0 Å². The van der Waals surface area contributed by atoms with Crippen LogP contribution in [0.1, 0.15) is 40.5 Å². The topological polar surface area (TPSA) is 109 Å². The monoisotopic (exact) mass is 362 g/mol. The summed E-state index contributed by atoms with van der Waals surface area (Å²) in [6, 6.07) is -0.796. The lowest BCUT2D eigenvalue weighted by Crippen LogP contribution is -2.38. The SMILES string of the molecule is CCOCCOCCOCCNC(=O)CC[C@H](N)C(=O)OC(C)(C)C. The lowest BCUT2D eigenvalue weighted by molar-refractivity contribution is -0.156. The van der Waals surface area contributed by atoms with Crippen molar-refractivity contribution in [3.05, 3.63) is 0 Å². The van der Waals surface area contributed by atoms with E-state index in [9.17, 15) is 9.59 Å². The predicted octanol–water partition coefficient (Wildman–Crippen LogP) is 0.622. The van der Waals surface area contributed by atoms with E-state index in [0.29, 0.717) is 46.2 Å². The highest BCUT2D eigenvalue weighted by molar-refractivity contribution is 5.79. The summed E-state index contributed by atoms with van der Waals surface area (Å²) in [7, 11) is 0. The Morgan fingerprint density at radius 3 is 2.12 bits per heavy atom. The third-order valence-electron chi connectivity index (χ3n) is 2.91. The first kappa shape index (κ1) is 23.8. The van der Waals surface area contributed by atoms with Gasteiger partial charge in [0.15, 0.2) is 0 Å². The van der Waals surface area contributed by atoms with E-state index in [1.54, 1.807) is 20.8 Å². The number of amides is 1.